The van der Waals surface area contributed by atoms with Crippen LogP contribution in [0.1, 0.15) is 46.6 Å². The minimum atomic E-state index is 0.310. The maximum Gasteiger partial charge on any atom is 0.0426 e. The highest BCUT2D eigenvalue weighted by atomic mass is 14.9. The molecule has 1 atom stereocenters. The summed E-state index contributed by atoms with van der Waals surface area (Å²) in [6.45, 7) is 11.5. The van der Waals surface area contributed by atoms with Crippen molar-refractivity contribution in [2.75, 3.05) is 0 Å². The zero-order chi connectivity index (χ0) is 14.7. The van der Waals surface area contributed by atoms with Crippen molar-refractivity contribution in [1.82, 2.24) is 10.3 Å². The molecule has 1 N–H and O–H groups in total. The molecule has 0 aliphatic heterocycles. The van der Waals surface area contributed by atoms with Crippen LogP contribution in [-0.2, 0) is 6.54 Å². The fraction of sp³-hybridized carbons (Fsp3) is 0.389. The van der Waals surface area contributed by atoms with Gasteiger partial charge in [0.25, 0.3) is 0 Å². The van der Waals surface area contributed by atoms with Crippen molar-refractivity contribution < 1.29 is 0 Å². The van der Waals surface area contributed by atoms with Gasteiger partial charge in [-0.2, -0.15) is 0 Å². The predicted octanol–water partition coefficient (Wildman–Crippen LogP) is 4.17. The largest absolute Gasteiger partial charge is 0.306 e. The van der Waals surface area contributed by atoms with E-state index >= 15 is 0 Å². The van der Waals surface area contributed by atoms with Crippen LogP contribution in [0.5, 0.6) is 0 Å². The molecule has 0 aliphatic carbocycles. The van der Waals surface area contributed by atoms with Crippen LogP contribution in [0.25, 0.3) is 0 Å². The number of pyridine rings is 1. The molecule has 1 aromatic heterocycles. The van der Waals surface area contributed by atoms with Crippen LogP contribution in [0, 0.1) is 27.7 Å². The molecule has 1 aromatic carbocycles. The molecule has 0 bridgehead atoms. The SMILES string of the molecule is Cc1ccc(CNC(C)c2c(C)cc(C)nc2C)cc1. The molecule has 0 radical (unpaired) electrons. The van der Waals surface area contributed by atoms with Crippen LogP contribution < -0.4 is 5.32 Å². The van der Waals surface area contributed by atoms with Gasteiger partial charge in [0.2, 0.25) is 0 Å². The normalized spacial score (nSPS) is 12.4. The maximum absolute atomic E-state index is 4.58. The highest BCUT2D eigenvalue weighted by Gasteiger charge is 2.12. The molecule has 0 saturated carbocycles. The van der Waals surface area contributed by atoms with E-state index in [-0.39, 0.29) is 0 Å². The summed E-state index contributed by atoms with van der Waals surface area (Å²) in [7, 11) is 0. The molecule has 1 heterocycles. The Morgan fingerprint density at radius 2 is 1.70 bits per heavy atom. The molecule has 0 saturated heterocycles. The Bertz CT molecular complexity index is 562. The van der Waals surface area contributed by atoms with E-state index in [0.29, 0.717) is 6.04 Å². The summed E-state index contributed by atoms with van der Waals surface area (Å²) in [4.78, 5) is 4.58. The second-order valence-electron chi connectivity index (χ2n) is 5.67. The van der Waals surface area contributed by atoms with Gasteiger partial charge in [0, 0.05) is 24.0 Å². The summed E-state index contributed by atoms with van der Waals surface area (Å²) in [6.07, 6.45) is 0. The molecule has 2 nitrogen and oxygen atoms in total. The van der Waals surface area contributed by atoms with Gasteiger partial charge >= 0.3 is 0 Å². The number of aromatic nitrogens is 1. The lowest BCUT2D eigenvalue weighted by Crippen LogP contribution is -2.20. The quantitative estimate of drug-likeness (QED) is 0.900. The van der Waals surface area contributed by atoms with Crippen molar-refractivity contribution in [2.45, 2.75) is 47.2 Å². The van der Waals surface area contributed by atoms with Gasteiger partial charge in [-0.25, -0.2) is 0 Å². The molecule has 20 heavy (non-hydrogen) atoms. The lowest BCUT2D eigenvalue weighted by atomic mass is 10.00. The van der Waals surface area contributed by atoms with Gasteiger partial charge in [-0.05, 0) is 57.4 Å². The highest BCUT2D eigenvalue weighted by Crippen LogP contribution is 2.21. The first-order valence-corrected chi connectivity index (χ1v) is 7.21. The van der Waals surface area contributed by atoms with Crippen molar-refractivity contribution in [1.29, 1.82) is 0 Å². The van der Waals surface area contributed by atoms with E-state index in [4.69, 9.17) is 0 Å². The third kappa shape index (κ3) is 3.45. The van der Waals surface area contributed by atoms with Crippen LogP contribution in [0.3, 0.4) is 0 Å². The van der Waals surface area contributed by atoms with Crippen molar-refractivity contribution in [3.05, 3.63) is 64.0 Å². The van der Waals surface area contributed by atoms with E-state index in [1.54, 1.807) is 0 Å². The number of hydrogen-bond donors (Lipinski definition) is 1. The van der Waals surface area contributed by atoms with Crippen LogP contribution in [0.4, 0.5) is 0 Å². The van der Waals surface area contributed by atoms with Gasteiger partial charge in [0.05, 0.1) is 0 Å². The minimum Gasteiger partial charge on any atom is -0.306 e. The van der Waals surface area contributed by atoms with Crippen molar-refractivity contribution in [3.63, 3.8) is 0 Å². The molecular weight excluding hydrogens is 244 g/mol. The van der Waals surface area contributed by atoms with Crippen LogP contribution >= 0.6 is 0 Å². The number of aryl methyl sites for hydroxylation is 4. The number of benzene rings is 1. The lowest BCUT2D eigenvalue weighted by Gasteiger charge is -2.19. The third-order valence-electron chi connectivity index (χ3n) is 3.75. The smallest absolute Gasteiger partial charge is 0.0426 e. The summed E-state index contributed by atoms with van der Waals surface area (Å²) in [5, 5.41) is 3.60. The fourth-order valence-corrected chi connectivity index (χ4v) is 2.77. The van der Waals surface area contributed by atoms with Crippen LogP contribution in [0.15, 0.2) is 30.3 Å². The topological polar surface area (TPSA) is 24.9 Å². The molecule has 0 spiro atoms. The molecule has 2 heteroatoms. The molecule has 1 unspecified atom stereocenters. The van der Waals surface area contributed by atoms with Gasteiger partial charge in [-0.15, -0.1) is 0 Å². The number of nitrogens with zero attached hydrogens (tertiary/aromatic N) is 1. The van der Waals surface area contributed by atoms with E-state index in [1.807, 2.05) is 6.92 Å². The Hall–Kier alpha value is -1.67. The molecule has 2 rings (SSSR count). The van der Waals surface area contributed by atoms with E-state index < -0.39 is 0 Å². The number of hydrogen-bond acceptors (Lipinski definition) is 2. The van der Waals surface area contributed by atoms with E-state index in [1.165, 1.54) is 22.3 Å². The highest BCUT2D eigenvalue weighted by molar-refractivity contribution is 5.33. The monoisotopic (exact) mass is 268 g/mol. The van der Waals surface area contributed by atoms with Gasteiger partial charge in [0.15, 0.2) is 0 Å². The first-order chi connectivity index (χ1) is 9.47. The van der Waals surface area contributed by atoms with E-state index in [0.717, 1.165) is 17.9 Å². The van der Waals surface area contributed by atoms with Crippen LogP contribution in [-0.4, -0.2) is 4.98 Å². The van der Waals surface area contributed by atoms with Crippen molar-refractivity contribution in [2.24, 2.45) is 0 Å². The molecule has 2 aromatic rings. The Labute approximate surface area is 122 Å². The second-order valence-corrected chi connectivity index (χ2v) is 5.67. The van der Waals surface area contributed by atoms with Crippen molar-refractivity contribution >= 4 is 0 Å². The number of nitrogens with one attached hydrogen (secondary N) is 1. The average Bonchev–Trinajstić information content (AvgIpc) is 2.37. The first-order valence-electron chi connectivity index (χ1n) is 7.21. The third-order valence-corrected chi connectivity index (χ3v) is 3.75. The standard InChI is InChI=1S/C18H24N2/c1-12-6-8-17(9-7-12)11-19-15(4)18-13(2)10-14(3)20-16(18)5/h6-10,15,19H,11H2,1-5H3. The Morgan fingerprint density at radius 3 is 2.30 bits per heavy atom. The summed E-state index contributed by atoms with van der Waals surface area (Å²) in [6, 6.07) is 11.2. The van der Waals surface area contributed by atoms with Crippen molar-refractivity contribution in [3.8, 4) is 0 Å². The van der Waals surface area contributed by atoms with Gasteiger partial charge in [-0.3, -0.25) is 4.98 Å². The Balaban J connectivity index is 2.09. The maximum atomic E-state index is 4.58. The van der Waals surface area contributed by atoms with Gasteiger partial charge in [0.1, 0.15) is 0 Å². The predicted molar refractivity (Wildman–Crippen MR) is 84.9 cm³/mol. The van der Waals surface area contributed by atoms with Gasteiger partial charge < -0.3 is 5.32 Å². The molecule has 0 amide bonds. The minimum absolute atomic E-state index is 0.310. The van der Waals surface area contributed by atoms with Crippen LogP contribution in [0.2, 0.25) is 0 Å². The summed E-state index contributed by atoms with van der Waals surface area (Å²) in [5.41, 5.74) is 7.48. The summed E-state index contributed by atoms with van der Waals surface area (Å²) >= 11 is 0. The second kappa shape index (κ2) is 6.19. The number of rotatable bonds is 4. The first kappa shape index (κ1) is 14.7. The lowest BCUT2D eigenvalue weighted by molar-refractivity contribution is 0.566. The molecular formula is C18H24N2. The zero-order valence-corrected chi connectivity index (χ0v) is 13.1. The summed E-state index contributed by atoms with van der Waals surface area (Å²) < 4.78 is 0. The Kier molecular flexibility index (Phi) is 4.56. The van der Waals surface area contributed by atoms with Gasteiger partial charge in [-0.1, -0.05) is 29.8 Å². The molecule has 0 aliphatic rings. The average molecular weight is 268 g/mol. The summed E-state index contributed by atoms with van der Waals surface area (Å²) in [5.74, 6) is 0. The molecule has 106 valence electrons. The Morgan fingerprint density at radius 1 is 1.05 bits per heavy atom. The zero-order valence-electron chi connectivity index (χ0n) is 13.1. The van der Waals surface area contributed by atoms with E-state index in [2.05, 4.69) is 68.3 Å². The fourth-order valence-electron chi connectivity index (χ4n) is 2.77. The van der Waals surface area contributed by atoms with E-state index in [9.17, 15) is 0 Å². The molecule has 0 fully saturated rings.